The summed E-state index contributed by atoms with van der Waals surface area (Å²) in [7, 11) is 0. The summed E-state index contributed by atoms with van der Waals surface area (Å²) in [6.45, 7) is 10.1. The van der Waals surface area contributed by atoms with E-state index in [9.17, 15) is 19.2 Å². The lowest BCUT2D eigenvalue weighted by atomic mass is 10.1. The highest BCUT2D eigenvalue weighted by Gasteiger charge is 2.28. The molecule has 1 atom stereocenters. The first-order valence-electron chi connectivity index (χ1n) is 9.48. The van der Waals surface area contributed by atoms with Crippen molar-refractivity contribution in [3.05, 3.63) is 33.0 Å². The van der Waals surface area contributed by atoms with Gasteiger partial charge in [-0.2, -0.15) is 0 Å². The summed E-state index contributed by atoms with van der Waals surface area (Å²) < 4.78 is 0.292. The van der Waals surface area contributed by atoms with E-state index in [2.05, 4.69) is 38.0 Å². The maximum absolute atomic E-state index is 12.1. The van der Waals surface area contributed by atoms with Crippen molar-refractivity contribution >= 4 is 58.0 Å². The molecule has 0 saturated carbocycles. The zero-order chi connectivity index (χ0) is 22.8. The maximum Gasteiger partial charge on any atom is 0.261 e. The third kappa shape index (κ3) is 8.85. The normalized spacial score (nSPS) is 15.1. The second-order valence-corrected chi connectivity index (χ2v) is 9.45. The number of Topliss-reactive ketones (excluding diaryl/α,β-unsaturated/α-hetero) is 1. The Labute approximate surface area is 190 Å². The van der Waals surface area contributed by atoms with Crippen LogP contribution in [-0.2, 0) is 14.4 Å². The monoisotopic (exact) mass is 475 g/mol. The first-order valence-corrected chi connectivity index (χ1v) is 11.1. The molecule has 30 heavy (non-hydrogen) atoms. The highest BCUT2D eigenvalue weighted by atomic mass is 35.5. The second kappa shape index (κ2) is 12.7. The number of hydrogen-bond acceptors (Lipinski definition) is 5. The van der Waals surface area contributed by atoms with Gasteiger partial charge in [-0.15, -0.1) is 11.3 Å². The van der Waals surface area contributed by atoms with Gasteiger partial charge >= 0.3 is 0 Å². The van der Waals surface area contributed by atoms with E-state index in [4.69, 9.17) is 23.2 Å². The molecular weight excluding hydrogens is 449 g/mol. The van der Waals surface area contributed by atoms with E-state index < -0.39 is 11.8 Å². The molecule has 1 aliphatic rings. The Balaban J connectivity index is 0.00000103. The molecule has 2 heterocycles. The zero-order valence-corrected chi connectivity index (χ0v) is 19.6. The number of nitrogens with one attached hydrogen (secondary N) is 2. The standard InChI is InChI=1S/C16H17Cl2N3O4S.C4H10/c1-2-13(23)21(7-9-3-4-19-15(9)24)8-10(22)6-20-16(25)12-5-11(17)14(18)26-12;1-4(2)3/h2,5,9H,1,3-4,6-8H2,(H,19,24)(H,20,25);4H,1-3H3. The molecule has 0 bridgehead atoms. The van der Waals surface area contributed by atoms with Crippen LogP contribution in [0.3, 0.4) is 0 Å². The van der Waals surface area contributed by atoms with Crippen molar-refractivity contribution in [3.8, 4) is 0 Å². The van der Waals surface area contributed by atoms with Crippen LogP contribution < -0.4 is 10.6 Å². The fourth-order valence-electron chi connectivity index (χ4n) is 2.44. The van der Waals surface area contributed by atoms with Crippen molar-refractivity contribution in [2.45, 2.75) is 27.2 Å². The Morgan fingerprint density at radius 3 is 2.47 bits per heavy atom. The van der Waals surface area contributed by atoms with Gasteiger partial charge in [0.05, 0.1) is 28.9 Å². The van der Waals surface area contributed by atoms with Gasteiger partial charge in [0.25, 0.3) is 5.91 Å². The molecule has 0 spiro atoms. The quantitative estimate of drug-likeness (QED) is 0.564. The topological polar surface area (TPSA) is 95.6 Å². The van der Waals surface area contributed by atoms with Gasteiger partial charge in [0.15, 0.2) is 5.78 Å². The first kappa shape index (κ1) is 26.1. The van der Waals surface area contributed by atoms with Crippen LogP contribution in [0.25, 0.3) is 0 Å². The molecule has 7 nitrogen and oxygen atoms in total. The molecule has 0 aliphatic carbocycles. The van der Waals surface area contributed by atoms with E-state index in [1.165, 1.54) is 11.0 Å². The molecule has 1 fully saturated rings. The Kier molecular flexibility index (Phi) is 11.1. The van der Waals surface area contributed by atoms with Crippen LogP contribution in [0.2, 0.25) is 9.36 Å². The Morgan fingerprint density at radius 1 is 1.37 bits per heavy atom. The maximum atomic E-state index is 12.1. The van der Waals surface area contributed by atoms with Crippen molar-refractivity contribution < 1.29 is 19.2 Å². The Bertz CT molecular complexity index is 773. The number of amides is 3. The van der Waals surface area contributed by atoms with Crippen LogP contribution in [0.15, 0.2) is 18.7 Å². The summed E-state index contributed by atoms with van der Waals surface area (Å²) in [5, 5.41) is 5.42. The van der Waals surface area contributed by atoms with Crippen molar-refractivity contribution in [2.24, 2.45) is 11.8 Å². The SMILES string of the molecule is C=CC(=O)N(CC(=O)CNC(=O)c1cc(Cl)c(Cl)s1)CC1CCNC1=O.CC(C)C. The minimum Gasteiger partial charge on any atom is -0.356 e. The molecule has 2 rings (SSSR count). The number of hydrogen-bond donors (Lipinski definition) is 2. The van der Waals surface area contributed by atoms with Gasteiger partial charge in [-0.05, 0) is 24.5 Å². The van der Waals surface area contributed by atoms with Gasteiger partial charge in [-0.3, -0.25) is 19.2 Å². The third-order valence-electron chi connectivity index (χ3n) is 3.77. The van der Waals surface area contributed by atoms with Crippen LogP contribution in [0.4, 0.5) is 0 Å². The second-order valence-electron chi connectivity index (χ2n) is 7.39. The summed E-state index contributed by atoms with van der Waals surface area (Å²) in [6.07, 6.45) is 1.69. The summed E-state index contributed by atoms with van der Waals surface area (Å²) in [4.78, 5) is 49.3. The van der Waals surface area contributed by atoms with E-state index in [0.29, 0.717) is 17.3 Å². The smallest absolute Gasteiger partial charge is 0.261 e. The lowest BCUT2D eigenvalue weighted by Gasteiger charge is -2.22. The average molecular weight is 476 g/mol. The van der Waals surface area contributed by atoms with Gasteiger partial charge in [0.1, 0.15) is 4.34 Å². The summed E-state index contributed by atoms with van der Waals surface area (Å²) >= 11 is 12.6. The van der Waals surface area contributed by atoms with Crippen molar-refractivity contribution in [3.63, 3.8) is 0 Å². The number of carbonyl (C=O) groups is 4. The molecule has 0 aromatic carbocycles. The number of halogens is 2. The van der Waals surface area contributed by atoms with Crippen LogP contribution in [0, 0.1) is 11.8 Å². The van der Waals surface area contributed by atoms with Crippen molar-refractivity contribution in [1.82, 2.24) is 15.5 Å². The van der Waals surface area contributed by atoms with Crippen LogP contribution >= 0.6 is 34.5 Å². The highest BCUT2D eigenvalue weighted by Crippen LogP contribution is 2.31. The van der Waals surface area contributed by atoms with E-state index in [1.54, 1.807) is 0 Å². The molecule has 1 saturated heterocycles. The molecule has 1 aromatic heterocycles. The zero-order valence-electron chi connectivity index (χ0n) is 17.3. The van der Waals surface area contributed by atoms with E-state index >= 15 is 0 Å². The summed E-state index contributed by atoms with van der Waals surface area (Å²) in [5.41, 5.74) is 0. The summed E-state index contributed by atoms with van der Waals surface area (Å²) in [5.74, 6) is -0.952. The molecular formula is C20H27Cl2N3O4S. The molecule has 2 N–H and O–H groups in total. The van der Waals surface area contributed by atoms with Crippen LogP contribution in [0.1, 0.15) is 36.9 Å². The Morgan fingerprint density at radius 2 is 2.00 bits per heavy atom. The van der Waals surface area contributed by atoms with Crippen molar-refractivity contribution in [2.75, 3.05) is 26.2 Å². The number of carbonyl (C=O) groups excluding carboxylic acids is 4. The van der Waals surface area contributed by atoms with Gasteiger partial charge in [0.2, 0.25) is 11.8 Å². The lowest BCUT2D eigenvalue weighted by molar-refractivity contribution is -0.133. The van der Waals surface area contributed by atoms with Gasteiger partial charge in [-0.1, -0.05) is 50.6 Å². The first-order chi connectivity index (χ1) is 14.0. The minimum atomic E-state index is -0.478. The molecule has 1 unspecified atom stereocenters. The number of ketones is 1. The third-order valence-corrected chi connectivity index (χ3v) is 5.64. The number of rotatable bonds is 8. The number of thiophene rings is 1. The van der Waals surface area contributed by atoms with E-state index in [-0.39, 0.29) is 47.1 Å². The van der Waals surface area contributed by atoms with Crippen LogP contribution in [-0.4, -0.2) is 54.6 Å². The minimum absolute atomic E-state index is 0.131. The fourth-order valence-corrected chi connectivity index (χ4v) is 3.72. The predicted molar refractivity (Wildman–Crippen MR) is 120 cm³/mol. The lowest BCUT2D eigenvalue weighted by Crippen LogP contribution is -2.42. The van der Waals surface area contributed by atoms with Crippen molar-refractivity contribution in [1.29, 1.82) is 0 Å². The summed E-state index contributed by atoms with van der Waals surface area (Å²) in [6, 6.07) is 1.42. The van der Waals surface area contributed by atoms with Gasteiger partial charge in [-0.25, -0.2) is 0 Å². The predicted octanol–water partition coefficient (Wildman–Crippen LogP) is 3.17. The molecule has 166 valence electrons. The molecule has 0 radical (unpaired) electrons. The van der Waals surface area contributed by atoms with E-state index in [1.807, 2.05) is 0 Å². The molecule has 1 aliphatic heterocycles. The largest absolute Gasteiger partial charge is 0.356 e. The van der Waals surface area contributed by atoms with Gasteiger partial charge < -0.3 is 15.5 Å². The molecule has 10 heteroatoms. The Hall–Kier alpha value is -1.90. The van der Waals surface area contributed by atoms with E-state index in [0.717, 1.165) is 23.3 Å². The molecule has 1 aromatic rings. The fraction of sp³-hybridized carbons (Fsp3) is 0.500. The van der Waals surface area contributed by atoms with Gasteiger partial charge in [0, 0.05) is 13.1 Å². The number of nitrogens with zero attached hydrogens (tertiary/aromatic N) is 1. The molecule has 3 amide bonds. The average Bonchev–Trinajstić information content (AvgIpc) is 3.23. The van der Waals surface area contributed by atoms with Crippen LogP contribution in [0.5, 0.6) is 0 Å². The highest BCUT2D eigenvalue weighted by molar-refractivity contribution is 7.18.